The van der Waals surface area contributed by atoms with Crippen molar-refractivity contribution < 1.29 is 4.42 Å². The van der Waals surface area contributed by atoms with Crippen LogP contribution >= 0.6 is 22.7 Å². The molecule has 2 N–H and O–H groups in total. The molecule has 0 aliphatic rings. The van der Waals surface area contributed by atoms with Gasteiger partial charge in [-0.2, -0.15) is 0 Å². The number of nitrogens with zero attached hydrogens (tertiary/aromatic N) is 2. The second-order valence-electron chi connectivity index (χ2n) is 4.80. The molecule has 23 heavy (non-hydrogen) atoms. The molecule has 0 radical (unpaired) electrons. The summed E-state index contributed by atoms with van der Waals surface area (Å²) in [6.07, 6.45) is 2.67. The maximum atomic E-state index is 5.51. The molecule has 0 atom stereocenters. The van der Waals surface area contributed by atoms with Gasteiger partial charge >= 0.3 is 0 Å². The molecule has 0 unspecified atom stereocenters. The predicted octanol–water partition coefficient (Wildman–Crippen LogP) is 3.37. The first-order chi connectivity index (χ1) is 11.3. The van der Waals surface area contributed by atoms with Crippen LogP contribution in [0.3, 0.4) is 0 Å². The molecule has 0 bridgehead atoms. The van der Waals surface area contributed by atoms with Gasteiger partial charge in [-0.1, -0.05) is 12.1 Å². The van der Waals surface area contributed by atoms with Crippen LogP contribution in [0.4, 0.5) is 0 Å². The number of oxazole rings is 1. The lowest BCUT2D eigenvalue weighted by Crippen LogP contribution is -2.37. The lowest BCUT2D eigenvalue weighted by molar-refractivity contribution is 0.573. The van der Waals surface area contributed by atoms with Gasteiger partial charge in [0.2, 0.25) is 5.89 Å². The largest absolute Gasteiger partial charge is 0.443 e. The monoisotopic (exact) mass is 346 g/mol. The van der Waals surface area contributed by atoms with Crippen molar-refractivity contribution in [1.82, 2.24) is 15.6 Å². The first-order valence-corrected chi connectivity index (χ1v) is 9.06. The third kappa shape index (κ3) is 4.43. The number of aliphatic imine (C=N–C) groups is 1. The van der Waals surface area contributed by atoms with Crippen molar-refractivity contribution in [1.29, 1.82) is 0 Å². The highest BCUT2D eigenvalue weighted by atomic mass is 32.1. The van der Waals surface area contributed by atoms with E-state index in [9.17, 15) is 0 Å². The second kappa shape index (κ2) is 7.94. The van der Waals surface area contributed by atoms with E-state index < -0.39 is 0 Å². The molecule has 0 saturated carbocycles. The van der Waals surface area contributed by atoms with Crippen molar-refractivity contribution >= 4 is 28.6 Å². The Morgan fingerprint density at radius 2 is 2.09 bits per heavy atom. The van der Waals surface area contributed by atoms with Crippen LogP contribution in [0.15, 0.2) is 50.7 Å². The van der Waals surface area contributed by atoms with E-state index in [1.807, 2.05) is 17.5 Å². The van der Waals surface area contributed by atoms with Crippen LogP contribution in [0.1, 0.15) is 10.6 Å². The Morgan fingerprint density at radius 3 is 2.83 bits per heavy atom. The lowest BCUT2D eigenvalue weighted by Gasteiger charge is -2.10. The van der Waals surface area contributed by atoms with E-state index in [0.717, 1.165) is 29.5 Å². The number of hydrogen-bond acceptors (Lipinski definition) is 5. The Morgan fingerprint density at radius 1 is 1.22 bits per heavy atom. The molecule has 5 nitrogen and oxygen atoms in total. The number of guanidine groups is 1. The smallest absolute Gasteiger partial charge is 0.236 e. The molecule has 3 rings (SSSR count). The highest BCUT2D eigenvalue weighted by Crippen LogP contribution is 2.23. The first kappa shape index (κ1) is 15.8. The molecule has 0 amide bonds. The predicted molar refractivity (Wildman–Crippen MR) is 96.0 cm³/mol. The van der Waals surface area contributed by atoms with Crippen LogP contribution < -0.4 is 10.6 Å². The fraction of sp³-hybridized carbons (Fsp3) is 0.250. The van der Waals surface area contributed by atoms with E-state index in [2.05, 4.69) is 38.1 Å². The van der Waals surface area contributed by atoms with Crippen LogP contribution in [0.2, 0.25) is 0 Å². The molecular formula is C16H18N4OS2. The van der Waals surface area contributed by atoms with Crippen molar-refractivity contribution in [3.63, 3.8) is 0 Å². The highest BCUT2D eigenvalue weighted by molar-refractivity contribution is 7.13. The molecule has 7 heteroatoms. The molecule has 0 fully saturated rings. The molecule has 120 valence electrons. The van der Waals surface area contributed by atoms with Crippen molar-refractivity contribution in [3.8, 4) is 10.8 Å². The maximum absolute atomic E-state index is 5.51. The van der Waals surface area contributed by atoms with Gasteiger partial charge in [0.05, 0.1) is 17.1 Å². The van der Waals surface area contributed by atoms with Crippen molar-refractivity contribution in [2.24, 2.45) is 4.99 Å². The average molecular weight is 346 g/mol. The SMILES string of the molecule is CN=C(NCCc1cccs1)NCc1coc(-c2cccs2)n1. The second-order valence-corrected chi connectivity index (χ2v) is 6.78. The molecule has 3 aromatic heterocycles. The number of aromatic nitrogens is 1. The molecule has 0 saturated heterocycles. The number of rotatable bonds is 6. The molecule has 3 aromatic rings. The fourth-order valence-corrected chi connectivity index (χ4v) is 3.42. The van der Waals surface area contributed by atoms with Gasteiger partial charge in [-0.25, -0.2) is 4.98 Å². The summed E-state index contributed by atoms with van der Waals surface area (Å²) in [7, 11) is 1.76. The quantitative estimate of drug-likeness (QED) is 0.531. The van der Waals surface area contributed by atoms with Crippen LogP contribution in [-0.4, -0.2) is 24.5 Å². The lowest BCUT2D eigenvalue weighted by atomic mass is 10.3. The molecule has 0 spiro atoms. The Bertz CT molecular complexity index is 732. The van der Waals surface area contributed by atoms with E-state index in [4.69, 9.17) is 4.42 Å². The Hall–Kier alpha value is -2.12. The van der Waals surface area contributed by atoms with Gasteiger partial charge in [-0.3, -0.25) is 4.99 Å². The van der Waals surface area contributed by atoms with Crippen LogP contribution in [0.25, 0.3) is 10.8 Å². The van der Waals surface area contributed by atoms with Gasteiger partial charge in [-0.15, -0.1) is 22.7 Å². The molecule has 0 aromatic carbocycles. The highest BCUT2D eigenvalue weighted by Gasteiger charge is 2.08. The third-order valence-electron chi connectivity index (χ3n) is 3.19. The summed E-state index contributed by atoms with van der Waals surface area (Å²) in [5, 5.41) is 10.7. The van der Waals surface area contributed by atoms with Crippen molar-refractivity contribution in [2.45, 2.75) is 13.0 Å². The van der Waals surface area contributed by atoms with Gasteiger partial charge in [-0.05, 0) is 29.3 Å². The average Bonchev–Trinajstić information content (AvgIpc) is 3.32. The Kier molecular flexibility index (Phi) is 5.44. The molecule has 0 aliphatic carbocycles. The van der Waals surface area contributed by atoms with Gasteiger partial charge in [0.15, 0.2) is 5.96 Å². The van der Waals surface area contributed by atoms with Crippen molar-refractivity contribution in [2.75, 3.05) is 13.6 Å². The van der Waals surface area contributed by atoms with Gasteiger partial charge < -0.3 is 15.1 Å². The zero-order valence-electron chi connectivity index (χ0n) is 12.8. The summed E-state index contributed by atoms with van der Waals surface area (Å²) in [6, 6.07) is 8.20. The Labute approximate surface area is 143 Å². The zero-order chi connectivity index (χ0) is 15.9. The zero-order valence-corrected chi connectivity index (χ0v) is 14.4. The molecule has 3 heterocycles. The number of thiophene rings is 2. The standard InChI is InChI=1S/C16H18N4OS2/c1-17-16(18-7-6-13-4-2-8-22-13)19-10-12-11-21-15(20-12)14-5-3-9-23-14/h2-5,8-9,11H,6-7,10H2,1H3,(H2,17,18,19). The maximum Gasteiger partial charge on any atom is 0.236 e. The molecule has 0 aliphatic heterocycles. The van der Waals surface area contributed by atoms with E-state index in [-0.39, 0.29) is 0 Å². The van der Waals surface area contributed by atoms with Crippen molar-refractivity contribution in [3.05, 3.63) is 51.9 Å². The van der Waals surface area contributed by atoms with Gasteiger partial charge in [0, 0.05) is 18.5 Å². The van der Waals surface area contributed by atoms with Crippen LogP contribution in [0, 0.1) is 0 Å². The van der Waals surface area contributed by atoms with Gasteiger partial charge in [0.1, 0.15) is 6.26 Å². The minimum absolute atomic E-state index is 0.577. The summed E-state index contributed by atoms with van der Waals surface area (Å²) in [5.74, 6) is 1.43. The first-order valence-electron chi connectivity index (χ1n) is 7.30. The van der Waals surface area contributed by atoms with E-state index in [1.165, 1.54) is 4.88 Å². The topological polar surface area (TPSA) is 62.5 Å². The van der Waals surface area contributed by atoms with Crippen LogP contribution in [-0.2, 0) is 13.0 Å². The summed E-state index contributed by atoms with van der Waals surface area (Å²) >= 11 is 3.39. The summed E-state index contributed by atoms with van der Waals surface area (Å²) in [6.45, 7) is 1.42. The number of nitrogens with one attached hydrogen (secondary N) is 2. The third-order valence-corrected chi connectivity index (χ3v) is 4.98. The Balaban J connectivity index is 1.46. The molecular weight excluding hydrogens is 328 g/mol. The van der Waals surface area contributed by atoms with E-state index >= 15 is 0 Å². The number of hydrogen-bond donors (Lipinski definition) is 2. The summed E-state index contributed by atoms with van der Waals surface area (Å²) < 4.78 is 5.51. The van der Waals surface area contributed by atoms with Gasteiger partial charge in [0.25, 0.3) is 0 Å². The van der Waals surface area contributed by atoms with E-state index in [0.29, 0.717) is 12.4 Å². The minimum atomic E-state index is 0.577. The van der Waals surface area contributed by atoms with E-state index in [1.54, 1.807) is 36.0 Å². The minimum Gasteiger partial charge on any atom is -0.443 e. The van der Waals surface area contributed by atoms with Crippen LogP contribution in [0.5, 0.6) is 0 Å². The summed E-state index contributed by atoms with van der Waals surface area (Å²) in [5.41, 5.74) is 0.856. The normalized spacial score (nSPS) is 11.6. The summed E-state index contributed by atoms with van der Waals surface area (Å²) in [4.78, 5) is 11.1. The fourth-order valence-electron chi connectivity index (χ4n) is 2.06.